The molecular weight excluding hydrogens is 371 g/mol. The van der Waals surface area contributed by atoms with Gasteiger partial charge in [-0.1, -0.05) is 35.3 Å². The molecule has 0 amide bonds. The second kappa shape index (κ2) is 6.08. The van der Waals surface area contributed by atoms with E-state index < -0.39 is 0 Å². The Labute approximate surface area is 160 Å². The highest BCUT2D eigenvalue weighted by molar-refractivity contribution is 6.30. The minimum Gasteiger partial charge on any atom is -0.464 e. The van der Waals surface area contributed by atoms with Crippen LogP contribution in [0.3, 0.4) is 0 Å². The average Bonchev–Trinajstić information content (AvgIpc) is 3.32. The third-order valence-electron chi connectivity index (χ3n) is 4.71. The van der Waals surface area contributed by atoms with E-state index in [1.807, 2.05) is 59.6 Å². The molecule has 2 aromatic carbocycles. The Hall–Kier alpha value is -2.43. The van der Waals surface area contributed by atoms with E-state index in [2.05, 4.69) is 0 Å². The number of benzene rings is 2. The lowest BCUT2D eigenvalue weighted by atomic mass is 9.97. The quantitative estimate of drug-likeness (QED) is 0.557. The summed E-state index contributed by atoms with van der Waals surface area (Å²) in [5.74, 6) is 1.60. The number of ether oxygens (including phenoxy) is 1. The highest BCUT2D eigenvalue weighted by atomic mass is 35.5. The highest BCUT2D eigenvalue weighted by Crippen LogP contribution is 2.48. The lowest BCUT2D eigenvalue weighted by molar-refractivity contribution is -0.0190. The van der Waals surface area contributed by atoms with Crippen molar-refractivity contribution in [1.82, 2.24) is 5.01 Å². The molecule has 130 valence electrons. The molecule has 6 heteroatoms. The Morgan fingerprint density at radius 2 is 1.81 bits per heavy atom. The lowest BCUT2D eigenvalue weighted by Gasteiger charge is -2.38. The second-order valence-corrected chi connectivity index (χ2v) is 7.20. The van der Waals surface area contributed by atoms with Gasteiger partial charge in [-0.2, -0.15) is 5.10 Å². The first-order valence-electron chi connectivity index (χ1n) is 8.30. The standard InChI is InChI=1S/C20H14Cl2N2O2/c21-13-5-3-12(4-6-13)20-24-17(11-16(23-24)19-2-1-9-25-19)15-10-14(22)7-8-18(15)26-20/h1-10,17,20H,11H2. The third kappa shape index (κ3) is 2.57. The Kier molecular flexibility index (Phi) is 3.69. The number of hydrogen-bond donors (Lipinski definition) is 0. The highest BCUT2D eigenvalue weighted by Gasteiger charge is 2.41. The van der Waals surface area contributed by atoms with E-state index in [4.69, 9.17) is 37.5 Å². The van der Waals surface area contributed by atoms with Crippen LogP contribution < -0.4 is 4.74 Å². The Morgan fingerprint density at radius 1 is 1.00 bits per heavy atom. The second-order valence-electron chi connectivity index (χ2n) is 6.33. The number of rotatable bonds is 2. The van der Waals surface area contributed by atoms with Crippen molar-refractivity contribution in [3.8, 4) is 5.75 Å². The Morgan fingerprint density at radius 3 is 2.58 bits per heavy atom. The SMILES string of the molecule is Clc1ccc(C2Oc3ccc(Cl)cc3C3CC(c4ccco4)=NN32)cc1. The summed E-state index contributed by atoms with van der Waals surface area (Å²) < 4.78 is 11.8. The van der Waals surface area contributed by atoms with Crippen molar-refractivity contribution < 1.29 is 9.15 Å². The van der Waals surface area contributed by atoms with Crippen LogP contribution in [0.25, 0.3) is 0 Å². The minimum absolute atomic E-state index is 0.0400. The van der Waals surface area contributed by atoms with E-state index in [1.54, 1.807) is 6.26 Å². The fraction of sp³-hybridized carbons (Fsp3) is 0.150. The predicted molar refractivity (Wildman–Crippen MR) is 101 cm³/mol. The first-order valence-corrected chi connectivity index (χ1v) is 9.06. The van der Waals surface area contributed by atoms with Gasteiger partial charge >= 0.3 is 0 Å². The summed E-state index contributed by atoms with van der Waals surface area (Å²) in [6.07, 6.45) is 2.06. The van der Waals surface area contributed by atoms with E-state index in [0.29, 0.717) is 10.0 Å². The van der Waals surface area contributed by atoms with Crippen molar-refractivity contribution in [3.05, 3.63) is 87.8 Å². The molecule has 0 bridgehead atoms. The number of hydrogen-bond acceptors (Lipinski definition) is 4. The van der Waals surface area contributed by atoms with Gasteiger partial charge in [0.05, 0.1) is 12.3 Å². The molecule has 1 aromatic heterocycles. The smallest absolute Gasteiger partial charge is 0.213 e. The summed E-state index contributed by atoms with van der Waals surface area (Å²) >= 11 is 12.3. The van der Waals surface area contributed by atoms with Gasteiger partial charge in [0.1, 0.15) is 17.2 Å². The Bertz CT molecular complexity index is 984. The minimum atomic E-state index is -0.335. The molecule has 26 heavy (non-hydrogen) atoms. The number of fused-ring (bicyclic) bond motifs is 3. The van der Waals surface area contributed by atoms with Crippen LogP contribution in [0.2, 0.25) is 10.0 Å². The van der Waals surface area contributed by atoms with Gasteiger partial charge in [0.25, 0.3) is 0 Å². The van der Waals surface area contributed by atoms with Gasteiger partial charge < -0.3 is 9.15 Å². The number of furan rings is 1. The van der Waals surface area contributed by atoms with Gasteiger partial charge in [-0.05, 0) is 42.5 Å². The molecule has 2 aliphatic heterocycles. The van der Waals surface area contributed by atoms with E-state index in [-0.39, 0.29) is 12.3 Å². The molecule has 0 N–H and O–H groups in total. The van der Waals surface area contributed by atoms with Crippen molar-refractivity contribution in [3.63, 3.8) is 0 Å². The van der Waals surface area contributed by atoms with Crippen molar-refractivity contribution in [2.24, 2.45) is 5.10 Å². The van der Waals surface area contributed by atoms with Gasteiger partial charge in [-0.3, -0.25) is 0 Å². The molecular formula is C20H14Cl2N2O2. The van der Waals surface area contributed by atoms with Crippen molar-refractivity contribution in [2.45, 2.75) is 18.7 Å². The lowest BCUT2D eigenvalue weighted by Crippen LogP contribution is -2.33. The van der Waals surface area contributed by atoms with Crippen LogP contribution >= 0.6 is 23.2 Å². The Balaban J connectivity index is 1.61. The zero-order valence-electron chi connectivity index (χ0n) is 13.6. The number of halogens is 2. The van der Waals surface area contributed by atoms with Gasteiger partial charge in [-0.15, -0.1) is 0 Å². The monoisotopic (exact) mass is 384 g/mol. The molecule has 3 aromatic rings. The first kappa shape index (κ1) is 15.8. The molecule has 5 rings (SSSR count). The van der Waals surface area contributed by atoms with E-state index >= 15 is 0 Å². The van der Waals surface area contributed by atoms with Crippen LogP contribution in [0.1, 0.15) is 35.6 Å². The normalized spacial score (nSPS) is 21.0. The van der Waals surface area contributed by atoms with Crippen LogP contribution in [0.4, 0.5) is 0 Å². The molecule has 0 radical (unpaired) electrons. The van der Waals surface area contributed by atoms with Crippen LogP contribution in [0, 0.1) is 0 Å². The molecule has 3 heterocycles. The van der Waals surface area contributed by atoms with E-state index in [0.717, 1.165) is 34.8 Å². The molecule has 2 unspecified atom stereocenters. The topological polar surface area (TPSA) is 38.0 Å². The maximum atomic E-state index is 6.28. The molecule has 2 aliphatic rings. The average molecular weight is 385 g/mol. The summed E-state index contributed by atoms with van der Waals surface area (Å²) in [6.45, 7) is 0. The van der Waals surface area contributed by atoms with Crippen molar-refractivity contribution in [2.75, 3.05) is 0 Å². The molecule has 2 atom stereocenters. The molecule has 0 saturated heterocycles. The fourth-order valence-corrected chi connectivity index (χ4v) is 3.80. The van der Waals surface area contributed by atoms with Gasteiger partial charge in [0.2, 0.25) is 6.23 Å². The van der Waals surface area contributed by atoms with Crippen LogP contribution in [-0.4, -0.2) is 10.7 Å². The largest absolute Gasteiger partial charge is 0.464 e. The molecule has 0 saturated carbocycles. The van der Waals surface area contributed by atoms with Crippen LogP contribution in [-0.2, 0) is 0 Å². The maximum Gasteiger partial charge on any atom is 0.213 e. The van der Waals surface area contributed by atoms with Crippen LogP contribution in [0.15, 0.2) is 70.4 Å². The summed E-state index contributed by atoms with van der Waals surface area (Å²) in [5.41, 5.74) is 2.92. The number of hydrazone groups is 1. The summed E-state index contributed by atoms with van der Waals surface area (Å²) in [5, 5.41) is 8.18. The fourth-order valence-electron chi connectivity index (χ4n) is 3.50. The van der Waals surface area contributed by atoms with E-state index in [1.165, 1.54) is 0 Å². The molecule has 0 aliphatic carbocycles. The first-order chi connectivity index (χ1) is 12.7. The number of nitrogens with zero attached hydrogens (tertiary/aromatic N) is 2. The van der Waals surface area contributed by atoms with Gasteiger partial charge in [0.15, 0.2) is 0 Å². The zero-order chi connectivity index (χ0) is 17.7. The summed E-state index contributed by atoms with van der Waals surface area (Å²) in [7, 11) is 0. The molecule has 4 nitrogen and oxygen atoms in total. The van der Waals surface area contributed by atoms with Crippen molar-refractivity contribution >= 4 is 28.9 Å². The van der Waals surface area contributed by atoms with Crippen LogP contribution in [0.5, 0.6) is 5.75 Å². The van der Waals surface area contributed by atoms with Gasteiger partial charge in [-0.25, -0.2) is 5.01 Å². The zero-order valence-corrected chi connectivity index (χ0v) is 15.1. The van der Waals surface area contributed by atoms with Gasteiger partial charge in [0, 0.05) is 27.6 Å². The maximum absolute atomic E-state index is 6.28. The molecule has 0 spiro atoms. The summed E-state index contributed by atoms with van der Waals surface area (Å²) in [6, 6.07) is 17.2. The summed E-state index contributed by atoms with van der Waals surface area (Å²) in [4.78, 5) is 0. The molecule has 0 fully saturated rings. The van der Waals surface area contributed by atoms with Crippen molar-refractivity contribution in [1.29, 1.82) is 0 Å². The van der Waals surface area contributed by atoms with E-state index in [9.17, 15) is 0 Å². The third-order valence-corrected chi connectivity index (χ3v) is 5.20. The predicted octanol–water partition coefficient (Wildman–Crippen LogP) is 5.83.